The van der Waals surface area contributed by atoms with E-state index in [1.807, 2.05) is 37.3 Å². The van der Waals surface area contributed by atoms with Crippen molar-refractivity contribution in [3.8, 4) is 0 Å². The molecule has 1 aliphatic rings. The summed E-state index contributed by atoms with van der Waals surface area (Å²) in [7, 11) is -4.19. The number of carbonyl (C=O) groups is 2. The summed E-state index contributed by atoms with van der Waals surface area (Å²) in [5, 5.41) is 3.12. The fourth-order valence-electron chi connectivity index (χ4n) is 5.69. The Labute approximate surface area is 264 Å². The second kappa shape index (κ2) is 14.5. The minimum Gasteiger partial charge on any atom is -0.352 e. The van der Waals surface area contributed by atoms with E-state index in [0.717, 1.165) is 41.1 Å². The van der Waals surface area contributed by atoms with E-state index in [0.29, 0.717) is 5.69 Å². The quantitative estimate of drug-likeness (QED) is 0.208. The molecule has 0 spiro atoms. The second-order valence-electron chi connectivity index (χ2n) is 11.5. The normalized spacial score (nSPS) is 14.1. The van der Waals surface area contributed by atoms with Crippen LogP contribution in [0, 0.1) is 12.7 Å². The van der Waals surface area contributed by atoms with Crippen LogP contribution in [0.4, 0.5) is 10.1 Å². The van der Waals surface area contributed by atoms with Gasteiger partial charge in [0.25, 0.3) is 10.0 Å². The van der Waals surface area contributed by atoms with E-state index in [1.54, 1.807) is 60.7 Å². The van der Waals surface area contributed by atoms with Crippen molar-refractivity contribution >= 4 is 27.5 Å². The molecule has 7 nitrogen and oxygen atoms in total. The van der Waals surface area contributed by atoms with Crippen LogP contribution in [0.3, 0.4) is 0 Å². The zero-order chi connectivity index (χ0) is 31.8. The summed E-state index contributed by atoms with van der Waals surface area (Å²) in [6.45, 7) is 1.09. The summed E-state index contributed by atoms with van der Waals surface area (Å²) >= 11 is 0. The zero-order valence-electron chi connectivity index (χ0n) is 25.3. The summed E-state index contributed by atoms with van der Waals surface area (Å²) in [5.74, 6) is -1.48. The maximum Gasteiger partial charge on any atom is 0.264 e. The third-order valence-corrected chi connectivity index (χ3v) is 9.99. The molecule has 2 amide bonds. The molecule has 0 saturated heterocycles. The Bertz CT molecular complexity index is 1690. The number of halogens is 1. The number of nitrogens with one attached hydrogen (secondary N) is 1. The number of nitrogens with zero attached hydrogens (tertiary/aromatic N) is 2. The van der Waals surface area contributed by atoms with Gasteiger partial charge in [-0.3, -0.25) is 13.9 Å². The summed E-state index contributed by atoms with van der Waals surface area (Å²) in [6, 6.07) is 29.2. The molecule has 5 rings (SSSR count). The Morgan fingerprint density at radius 2 is 1.44 bits per heavy atom. The Hall–Kier alpha value is -4.50. The van der Waals surface area contributed by atoms with Gasteiger partial charge in [-0.05, 0) is 55.7 Å². The summed E-state index contributed by atoms with van der Waals surface area (Å²) in [6.07, 6.45) is 3.89. The number of hydrogen-bond donors (Lipinski definition) is 1. The van der Waals surface area contributed by atoms with Gasteiger partial charge in [0.2, 0.25) is 11.8 Å². The summed E-state index contributed by atoms with van der Waals surface area (Å²) in [5.41, 5.74) is 2.28. The first kappa shape index (κ1) is 31.9. The van der Waals surface area contributed by atoms with Gasteiger partial charge in [0.1, 0.15) is 18.4 Å². The lowest BCUT2D eigenvalue weighted by atomic mass is 10.0. The lowest BCUT2D eigenvalue weighted by molar-refractivity contribution is -0.140. The molecule has 1 saturated carbocycles. The minimum absolute atomic E-state index is 0.0105. The topological polar surface area (TPSA) is 86.8 Å². The van der Waals surface area contributed by atoms with Crippen LogP contribution in [0.25, 0.3) is 0 Å². The summed E-state index contributed by atoms with van der Waals surface area (Å²) in [4.78, 5) is 29.8. The second-order valence-corrected chi connectivity index (χ2v) is 13.3. The van der Waals surface area contributed by atoms with Gasteiger partial charge in [0.05, 0.1) is 10.6 Å². The largest absolute Gasteiger partial charge is 0.352 e. The number of amides is 2. The lowest BCUT2D eigenvalue weighted by Gasteiger charge is -2.34. The van der Waals surface area contributed by atoms with E-state index in [-0.39, 0.29) is 35.4 Å². The van der Waals surface area contributed by atoms with Crippen LogP contribution < -0.4 is 9.62 Å². The minimum atomic E-state index is -4.19. The monoisotopic (exact) mass is 627 g/mol. The van der Waals surface area contributed by atoms with Gasteiger partial charge in [-0.2, -0.15) is 0 Å². The number of rotatable bonds is 12. The van der Waals surface area contributed by atoms with Crippen LogP contribution >= 0.6 is 0 Å². The fourth-order valence-corrected chi connectivity index (χ4v) is 7.13. The maximum absolute atomic E-state index is 15.1. The molecular weight excluding hydrogens is 589 g/mol. The van der Waals surface area contributed by atoms with E-state index in [4.69, 9.17) is 0 Å². The molecule has 9 heteroatoms. The van der Waals surface area contributed by atoms with Crippen molar-refractivity contribution in [2.24, 2.45) is 0 Å². The number of sulfonamides is 1. The molecule has 1 fully saturated rings. The summed E-state index contributed by atoms with van der Waals surface area (Å²) < 4.78 is 44.2. The molecule has 0 bridgehead atoms. The van der Waals surface area contributed by atoms with Crippen molar-refractivity contribution in [3.63, 3.8) is 0 Å². The van der Waals surface area contributed by atoms with Crippen molar-refractivity contribution in [2.45, 2.75) is 62.6 Å². The maximum atomic E-state index is 15.1. The van der Waals surface area contributed by atoms with Crippen LogP contribution in [0.5, 0.6) is 0 Å². The highest BCUT2D eigenvalue weighted by Crippen LogP contribution is 2.26. The fraction of sp³-hybridized carbons (Fsp3) is 0.278. The number of aryl methyl sites for hydroxylation is 1. The molecule has 4 aromatic rings. The highest BCUT2D eigenvalue weighted by molar-refractivity contribution is 7.92. The molecule has 1 unspecified atom stereocenters. The molecule has 1 atom stereocenters. The van der Waals surface area contributed by atoms with Crippen molar-refractivity contribution in [2.75, 3.05) is 10.8 Å². The standard InChI is InChI=1S/C36H38FN3O4S/c1-27-20-22-31(23-21-27)40(45(43,44)32-17-6-3-7-18-32)26-35(41)39(25-29-14-8-11-19-33(29)37)34(24-28-12-4-2-5-13-28)36(42)38-30-15-9-10-16-30/h2-8,11-14,17-23,30,34H,9-10,15-16,24-26H2,1H3,(H,38,42). The number of benzene rings is 4. The van der Waals surface area contributed by atoms with E-state index in [9.17, 15) is 18.0 Å². The molecule has 0 aromatic heterocycles. The van der Waals surface area contributed by atoms with Crippen molar-refractivity contribution in [1.82, 2.24) is 10.2 Å². The highest BCUT2D eigenvalue weighted by atomic mass is 32.2. The van der Waals surface area contributed by atoms with E-state index in [2.05, 4.69) is 5.32 Å². The predicted molar refractivity (Wildman–Crippen MR) is 173 cm³/mol. The van der Waals surface area contributed by atoms with Crippen molar-refractivity contribution < 1.29 is 22.4 Å². The Morgan fingerprint density at radius 3 is 2.09 bits per heavy atom. The average molecular weight is 628 g/mol. The van der Waals surface area contributed by atoms with Crippen molar-refractivity contribution in [1.29, 1.82) is 0 Å². The smallest absolute Gasteiger partial charge is 0.264 e. The SMILES string of the molecule is Cc1ccc(N(CC(=O)N(Cc2ccccc2F)C(Cc2ccccc2)C(=O)NC2CCCC2)S(=O)(=O)c2ccccc2)cc1. The van der Waals surface area contributed by atoms with E-state index in [1.165, 1.54) is 23.1 Å². The first-order valence-corrected chi connectivity index (χ1v) is 16.7. The van der Waals surface area contributed by atoms with E-state index < -0.39 is 34.3 Å². The third kappa shape index (κ3) is 7.97. The molecule has 0 radical (unpaired) electrons. The Kier molecular flexibility index (Phi) is 10.3. The Morgan fingerprint density at radius 1 is 0.844 bits per heavy atom. The lowest BCUT2D eigenvalue weighted by Crippen LogP contribution is -2.54. The van der Waals surface area contributed by atoms with Gasteiger partial charge >= 0.3 is 0 Å². The van der Waals surface area contributed by atoms with Gasteiger partial charge in [0, 0.05) is 24.6 Å². The van der Waals surface area contributed by atoms with Gasteiger partial charge < -0.3 is 10.2 Å². The highest BCUT2D eigenvalue weighted by Gasteiger charge is 2.35. The number of hydrogen-bond acceptors (Lipinski definition) is 4. The first-order valence-electron chi connectivity index (χ1n) is 15.2. The number of carbonyl (C=O) groups excluding carboxylic acids is 2. The van der Waals surface area contributed by atoms with Crippen molar-refractivity contribution in [3.05, 3.63) is 132 Å². The third-order valence-electron chi connectivity index (χ3n) is 8.20. The molecule has 45 heavy (non-hydrogen) atoms. The molecule has 0 heterocycles. The van der Waals surface area contributed by atoms with Gasteiger partial charge in [-0.25, -0.2) is 12.8 Å². The Balaban J connectivity index is 1.56. The molecule has 4 aromatic carbocycles. The van der Waals surface area contributed by atoms with Crippen LogP contribution in [0.1, 0.15) is 42.4 Å². The average Bonchev–Trinajstić information content (AvgIpc) is 3.56. The first-order chi connectivity index (χ1) is 21.7. The van der Waals surface area contributed by atoms with Gasteiger partial charge in [0.15, 0.2) is 0 Å². The van der Waals surface area contributed by atoms with Crippen LogP contribution in [0.15, 0.2) is 114 Å². The van der Waals surface area contributed by atoms with Crippen LogP contribution in [0.2, 0.25) is 0 Å². The molecule has 1 N–H and O–H groups in total. The van der Waals surface area contributed by atoms with E-state index >= 15 is 4.39 Å². The van der Waals surface area contributed by atoms with Gasteiger partial charge in [-0.1, -0.05) is 97.3 Å². The molecule has 0 aliphatic heterocycles. The molecule has 1 aliphatic carbocycles. The molecular formula is C36H38FN3O4S. The zero-order valence-corrected chi connectivity index (χ0v) is 26.1. The van der Waals surface area contributed by atoms with Crippen LogP contribution in [-0.4, -0.2) is 43.8 Å². The van der Waals surface area contributed by atoms with Gasteiger partial charge in [-0.15, -0.1) is 0 Å². The predicted octanol–water partition coefficient (Wildman–Crippen LogP) is 6.03. The van der Waals surface area contributed by atoms with Crippen LogP contribution in [-0.2, 0) is 32.6 Å². The number of anilines is 1. The molecule has 234 valence electrons.